The van der Waals surface area contributed by atoms with Crippen LogP contribution in [0, 0.1) is 23.2 Å². The molecule has 3 fully saturated rings. The lowest BCUT2D eigenvalue weighted by atomic mass is 9.91. The molecule has 0 aromatic heterocycles. The molecule has 1 aromatic rings. The first kappa shape index (κ1) is 13.5. The molecule has 3 aliphatic carbocycles. The average molecular weight is 347 g/mol. The molecular formula is C17H19BrN2O. The molecule has 0 spiro atoms. The van der Waals surface area contributed by atoms with E-state index in [9.17, 15) is 4.79 Å². The number of nitrogens with one attached hydrogen (secondary N) is 1. The van der Waals surface area contributed by atoms with Crippen molar-refractivity contribution in [2.24, 2.45) is 28.3 Å². The molecule has 4 rings (SSSR count). The van der Waals surface area contributed by atoms with Gasteiger partial charge in [-0.1, -0.05) is 28.1 Å². The van der Waals surface area contributed by atoms with Gasteiger partial charge >= 0.3 is 0 Å². The van der Waals surface area contributed by atoms with E-state index in [2.05, 4.69) is 26.5 Å². The predicted octanol–water partition coefficient (Wildman–Crippen LogP) is 3.73. The van der Waals surface area contributed by atoms with E-state index in [1.807, 2.05) is 24.3 Å². The van der Waals surface area contributed by atoms with Gasteiger partial charge in [0.05, 0.1) is 6.21 Å². The maximum absolute atomic E-state index is 12.3. The summed E-state index contributed by atoms with van der Waals surface area (Å²) < 4.78 is 1.02. The molecule has 0 saturated heterocycles. The van der Waals surface area contributed by atoms with Gasteiger partial charge in [-0.15, -0.1) is 0 Å². The van der Waals surface area contributed by atoms with Crippen LogP contribution in [0.4, 0.5) is 0 Å². The Hall–Kier alpha value is -1.16. The Morgan fingerprint density at radius 1 is 1.29 bits per heavy atom. The highest BCUT2D eigenvalue weighted by Gasteiger charge is 2.70. The molecule has 1 amide bonds. The topological polar surface area (TPSA) is 41.5 Å². The maximum Gasteiger partial charge on any atom is 0.243 e. The van der Waals surface area contributed by atoms with Gasteiger partial charge < -0.3 is 0 Å². The molecule has 0 radical (unpaired) electrons. The van der Waals surface area contributed by atoms with E-state index in [1.54, 1.807) is 6.21 Å². The fraction of sp³-hybridized carbons (Fsp3) is 0.529. The number of carbonyl (C=O) groups is 1. The van der Waals surface area contributed by atoms with Crippen molar-refractivity contribution in [2.75, 3.05) is 0 Å². The number of benzene rings is 1. The van der Waals surface area contributed by atoms with Crippen molar-refractivity contribution in [1.82, 2.24) is 5.43 Å². The van der Waals surface area contributed by atoms with Gasteiger partial charge in [0.1, 0.15) is 0 Å². The fourth-order valence-corrected chi connectivity index (χ4v) is 4.36. The number of amides is 1. The molecule has 0 bridgehead atoms. The molecule has 0 aliphatic heterocycles. The van der Waals surface area contributed by atoms with Gasteiger partial charge in [0, 0.05) is 10.4 Å². The van der Waals surface area contributed by atoms with Crippen LogP contribution < -0.4 is 5.43 Å². The van der Waals surface area contributed by atoms with E-state index in [0.29, 0.717) is 5.41 Å². The van der Waals surface area contributed by atoms with E-state index < -0.39 is 0 Å². The fourth-order valence-electron chi connectivity index (χ4n) is 3.94. The Balaban J connectivity index is 1.36. The van der Waals surface area contributed by atoms with E-state index >= 15 is 0 Å². The lowest BCUT2D eigenvalue weighted by Gasteiger charge is -2.14. The third-order valence-corrected chi connectivity index (χ3v) is 5.77. The summed E-state index contributed by atoms with van der Waals surface area (Å²) in [6.07, 6.45) is 8.15. The Kier molecular flexibility index (Phi) is 3.18. The molecule has 3 saturated carbocycles. The number of nitrogens with zero attached hydrogens (tertiary/aromatic N) is 1. The molecule has 1 aromatic carbocycles. The highest BCUT2D eigenvalue weighted by molar-refractivity contribution is 9.10. The average Bonchev–Trinajstić information content (AvgIpc) is 3.33. The third kappa shape index (κ3) is 2.54. The van der Waals surface area contributed by atoms with Gasteiger partial charge in [-0.3, -0.25) is 4.79 Å². The van der Waals surface area contributed by atoms with Gasteiger partial charge in [0.15, 0.2) is 0 Å². The molecule has 4 heteroatoms. The second kappa shape index (κ2) is 4.94. The zero-order valence-corrected chi connectivity index (χ0v) is 13.5. The summed E-state index contributed by atoms with van der Waals surface area (Å²) in [6.45, 7) is 0. The zero-order chi connectivity index (χ0) is 14.4. The van der Waals surface area contributed by atoms with Crippen LogP contribution in [0.2, 0.25) is 0 Å². The van der Waals surface area contributed by atoms with E-state index in [1.165, 1.54) is 25.7 Å². The SMILES string of the molecule is O=C(NN=Cc1cccc(Br)c1)C1CC1(C1CC1)C1CC1. The van der Waals surface area contributed by atoms with Crippen LogP contribution >= 0.6 is 15.9 Å². The standard InChI is InChI=1S/C17H19BrN2O/c18-14-3-1-2-11(8-14)10-19-20-16(21)15-9-17(15,12-4-5-12)13-6-7-13/h1-3,8,10,12-13,15H,4-7,9H2,(H,20,21). The van der Waals surface area contributed by atoms with Crippen LogP contribution in [0.15, 0.2) is 33.8 Å². The highest BCUT2D eigenvalue weighted by Crippen LogP contribution is 2.74. The van der Waals surface area contributed by atoms with Crippen molar-refractivity contribution in [1.29, 1.82) is 0 Å². The van der Waals surface area contributed by atoms with Crippen LogP contribution in [0.5, 0.6) is 0 Å². The lowest BCUT2D eigenvalue weighted by molar-refractivity contribution is -0.123. The van der Waals surface area contributed by atoms with Crippen molar-refractivity contribution in [3.05, 3.63) is 34.3 Å². The zero-order valence-electron chi connectivity index (χ0n) is 11.9. The summed E-state index contributed by atoms with van der Waals surface area (Å²) in [6, 6.07) is 7.88. The Morgan fingerprint density at radius 2 is 2.00 bits per heavy atom. The number of rotatable bonds is 5. The first-order valence-electron chi connectivity index (χ1n) is 7.78. The molecule has 0 heterocycles. The largest absolute Gasteiger partial charge is 0.273 e. The molecular weight excluding hydrogens is 328 g/mol. The van der Waals surface area contributed by atoms with Crippen molar-refractivity contribution in [2.45, 2.75) is 32.1 Å². The second-order valence-electron chi connectivity index (χ2n) is 6.71. The van der Waals surface area contributed by atoms with Crippen molar-refractivity contribution in [3.8, 4) is 0 Å². The number of hydrogen-bond acceptors (Lipinski definition) is 2. The van der Waals surface area contributed by atoms with Gasteiger partial charge in [-0.25, -0.2) is 5.43 Å². The van der Waals surface area contributed by atoms with Gasteiger partial charge in [-0.2, -0.15) is 5.10 Å². The molecule has 1 unspecified atom stereocenters. The molecule has 3 nitrogen and oxygen atoms in total. The first-order chi connectivity index (χ1) is 10.2. The summed E-state index contributed by atoms with van der Waals surface area (Å²) >= 11 is 3.43. The molecule has 1 atom stereocenters. The summed E-state index contributed by atoms with van der Waals surface area (Å²) in [7, 11) is 0. The number of hydrazone groups is 1. The molecule has 110 valence electrons. The summed E-state index contributed by atoms with van der Waals surface area (Å²) in [5.74, 6) is 2.00. The summed E-state index contributed by atoms with van der Waals surface area (Å²) in [4.78, 5) is 12.3. The summed E-state index contributed by atoms with van der Waals surface area (Å²) in [5, 5.41) is 4.12. The van der Waals surface area contributed by atoms with Crippen LogP contribution in [-0.4, -0.2) is 12.1 Å². The lowest BCUT2D eigenvalue weighted by Crippen LogP contribution is -2.25. The van der Waals surface area contributed by atoms with E-state index in [0.717, 1.165) is 28.3 Å². The second-order valence-corrected chi connectivity index (χ2v) is 7.62. The molecule has 1 N–H and O–H groups in total. The molecule has 3 aliphatic rings. The monoisotopic (exact) mass is 346 g/mol. The molecule has 21 heavy (non-hydrogen) atoms. The van der Waals surface area contributed by atoms with Crippen molar-refractivity contribution >= 4 is 28.1 Å². The van der Waals surface area contributed by atoms with Crippen molar-refractivity contribution in [3.63, 3.8) is 0 Å². The summed E-state index contributed by atoms with van der Waals surface area (Å²) in [5.41, 5.74) is 4.10. The number of halogens is 1. The predicted molar refractivity (Wildman–Crippen MR) is 85.9 cm³/mol. The highest BCUT2D eigenvalue weighted by atomic mass is 79.9. The minimum absolute atomic E-state index is 0.125. The maximum atomic E-state index is 12.3. The van der Waals surface area contributed by atoms with Crippen LogP contribution in [0.3, 0.4) is 0 Å². The van der Waals surface area contributed by atoms with Crippen LogP contribution in [0.1, 0.15) is 37.7 Å². The quantitative estimate of drug-likeness (QED) is 0.640. The van der Waals surface area contributed by atoms with E-state index in [-0.39, 0.29) is 11.8 Å². The van der Waals surface area contributed by atoms with Gasteiger partial charge in [-0.05, 0) is 67.1 Å². The number of carbonyl (C=O) groups excluding carboxylic acids is 1. The Morgan fingerprint density at radius 3 is 2.62 bits per heavy atom. The Bertz CT molecular complexity index is 593. The minimum Gasteiger partial charge on any atom is -0.273 e. The van der Waals surface area contributed by atoms with Crippen LogP contribution in [0.25, 0.3) is 0 Å². The van der Waals surface area contributed by atoms with Crippen LogP contribution in [-0.2, 0) is 4.79 Å². The minimum atomic E-state index is 0.125. The van der Waals surface area contributed by atoms with E-state index in [4.69, 9.17) is 0 Å². The first-order valence-corrected chi connectivity index (χ1v) is 8.58. The normalized spacial score (nSPS) is 26.8. The third-order valence-electron chi connectivity index (χ3n) is 5.27. The van der Waals surface area contributed by atoms with Gasteiger partial charge in [0.25, 0.3) is 0 Å². The number of hydrogen-bond donors (Lipinski definition) is 1. The Labute approximate surface area is 133 Å². The smallest absolute Gasteiger partial charge is 0.243 e. The van der Waals surface area contributed by atoms with Crippen molar-refractivity contribution < 1.29 is 4.79 Å². The van der Waals surface area contributed by atoms with Gasteiger partial charge in [0.2, 0.25) is 5.91 Å².